The first kappa shape index (κ1) is 16.4. The second kappa shape index (κ2) is 5.65. The van der Waals surface area contributed by atoms with Crippen LogP contribution in [0.2, 0.25) is 0 Å². The number of carbonyl (C=O) groups is 1. The molecule has 0 N–H and O–H groups in total. The van der Waals surface area contributed by atoms with Crippen LogP contribution in [0, 0.1) is 12.3 Å². The van der Waals surface area contributed by atoms with E-state index in [1.54, 1.807) is 4.90 Å². The molecule has 0 saturated carbocycles. The van der Waals surface area contributed by atoms with Crippen LogP contribution in [0.15, 0.2) is 15.4 Å². The number of furan rings is 1. The third kappa shape index (κ3) is 3.43. The molecular formula is C14H20ClNO4S. The minimum absolute atomic E-state index is 0.0341. The summed E-state index contributed by atoms with van der Waals surface area (Å²) in [6.45, 7) is 7.18. The number of amides is 1. The molecule has 1 aliphatic rings. The summed E-state index contributed by atoms with van der Waals surface area (Å²) in [7, 11) is 1.42. The maximum Gasteiger partial charge on any atom is 0.289 e. The molecule has 118 valence electrons. The van der Waals surface area contributed by atoms with Gasteiger partial charge in [-0.05, 0) is 25.2 Å². The van der Waals surface area contributed by atoms with E-state index in [-0.39, 0.29) is 27.7 Å². The highest BCUT2D eigenvalue weighted by atomic mass is 35.7. The van der Waals surface area contributed by atoms with E-state index >= 15 is 0 Å². The highest BCUT2D eigenvalue weighted by molar-refractivity contribution is 8.13. The first-order valence-electron chi connectivity index (χ1n) is 7.01. The van der Waals surface area contributed by atoms with E-state index in [0.29, 0.717) is 13.1 Å². The van der Waals surface area contributed by atoms with Gasteiger partial charge in [-0.2, -0.15) is 0 Å². The van der Waals surface area contributed by atoms with Crippen LogP contribution in [0.25, 0.3) is 0 Å². The van der Waals surface area contributed by atoms with E-state index in [4.69, 9.17) is 15.1 Å². The number of hydrogen-bond donors (Lipinski definition) is 0. The average Bonchev–Trinajstić information content (AvgIpc) is 2.81. The predicted octanol–water partition coefficient (Wildman–Crippen LogP) is 3.17. The van der Waals surface area contributed by atoms with Gasteiger partial charge in [0.1, 0.15) is 10.7 Å². The number of halogens is 1. The molecule has 2 heterocycles. The van der Waals surface area contributed by atoms with Crippen LogP contribution in [0.4, 0.5) is 0 Å². The zero-order valence-electron chi connectivity index (χ0n) is 12.5. The van der Waals surface area contributed by atoms with Crippen molar-refractivity contribution >= 4 is 25.6 Å². The van der Waals surface area contributed by atoms with Crippen LogP contribution < -0.4 is 0 Å². The lowest BCUT2D eigenvalue weighted by molar-refractivity contribution is 0.0568. The first-order valence-corrected chi connectivity index (χ1v) is 9.31. The van der Waals surface area contributed by atoms with E-state index < -0.39 is 9.05 Å². The van der Waals surface area contributed by atoms with Crippen LogP contribution in [0.3, 0.4) is 0 Å². The molecule has 0 atom stereocenters. The van der Waals surface area contributed by atoms with Crippen LogP contribution >= 0.6 is 10.7 Å². The van der Waals surface area contributed by atoms with Crippen LogP contribution in [0.1, 0.15) is 49.4 Å². The second-order valence-corrected chi connectivity index (χ2v) is 8.46. The van der Waals surface area contributed by atoms with Gasteiger partial charge in [0.05, 0.1) is 0 Å². The summed E-state index contributed by atoms with van der Waals surface area (Å²) in [5.74, 6) is -0.0987. The lowest BCUT2D eigenvalue weighted by atomic mass is 9.78. The third-order valence-corrected chi connectivity index (χ3v) is 5.89. The predicted molar refractivity (Wildman–Crippen MR) is 80.0 cm³/mol. The Bertz CT molecular complexity index is 642. The summed E-state index contributed by atoms with van der Waals surface area (Å²) in [6, 6.07) is 1.22. The Morgan fingerprint density at radius 3 is 2.43 bits per heavy atom. The molecule has 7 heteroatoms. The Kier molecular flexibility index (Phi) is 4.40. The highest BCUT2D eigenvalue weighted by Crippen LogP contribution is 2.34. The van der Waals surface area contributed by atoms with Crippen molar-refractivity contribution in [3.63, 3.8) is 0 Å². The SMILES string of the molecule is CCC1(C)CCN(C(=O)c2cc(S(=O)(=O)Cl)c(C)o2)CC1. The normalized spacial score (nSPS) is 18.8. The van der Waals surface area contributed by atoms with E-state index in [1.807, 2.05) is 0 Å². The Labute approximate surface area is 129 Å². The second-order valence-electron chi connectivity index (χ2n) is 5.93. The fourth-order valence-electron chi connectivity index (χ4n) is 2.57. The van der Waals surface area contributed by atoms with Crippen LogP contribution in [0.5, 0.6) is 0 Å². The highest BCUT2D eigenvalue weighted by Gasteiger charge is 2.32. The van der Waals surface area contributed by atoms with E-state index in [2.05, 4.69) is 13.8 Å². The zero-order valence-corrected chi connectivity index (χ0v) is 14.1. The zero-order chi connectivity index (χ0) is 15.8. The molecule has 21 heavy (non-hydrogen) atoms. The molecule has 0 aliphatic carbocycles. The number of nitrogens with zero attached hydrogens (tertiary/aromatic N) is 1. The Hall–Kier alpha value is -1.01. The van der Waals surface area contributed by atoms with Gasteiger partial charge in [-0.1, -0.05) is 20.3 Å². The van der Waals surface area contributed by atoms with Gasteiger partial charge in [-0.25, -0.2) is 8.42 Å². The molecule has 0 aromatic carbocycles. The lowest BCUT2D eigenvalue weighted by Crippen LogP contribution is -2.41. The largest absolute Gasteiger partial charge is 0.455 e. The van der Waals surface area contributed by atoms with Crippen molar-refractivity contribution in [2.75, 3.05) is 13.1 Å². The summed E-state index contributed by atoms with van der Waals surface area (Å²) in [5, 5.41) is 0. The minimum atomic E-state index is -3.89. The number of carbonyl (C=O) groups excluding carboxylic acids is 1. The molecule has 0 unspecified atom stereocenters. The Morgan fingerprint density at radius 1 is 1.43 bits per heavy atom. The average molecular weight is 334 g/mol. The van der Waals surface area contributed by atoms with E-state index in [1.165, 1.54) is 13.0 Å². The molecule has 1 aliphatic heterocycles. The molecule has 0 bridgehead atoms. The maximum absolute atomic E-state index is 12.4. The Balaban J connectivity index is 2.16. The van der Waals surface area contributed by atoms with Gasteiger partial charge in [0, 0.05) is 29.8 Å². The van der Waals surface area contributed by atoms with Gasteiger partial charge in [0.15, 0.2) is 5.76 Å². The van der Waals surface area contributed by atoms with Crippen molar-refractivity contribution in [2.45, 2.75) is 44.9 Å². The summed E-state index contributed by atoms with van der Waals surface area (Å²) in [4.78, 5) is 14.0. The molecule has 5 nitrogen and oxygen atoms in total. The molecule has 0 spiro atoms. The fourth-order valence-corrected chi connectivity index (χ4v) is 3.66. The number of hydrogen-bond acceptors (Lipinski definition) is 4. The molecule has 1 saturated heterocycles. The van der Waals surface area contributed by atoms with Gasteiger partial charge in [0.25, 0.3) is 15.0 Å². The smallest absolute Gasteiger partial charge is 0.289 e. The maximum atomic E-state index is 12.4. The quantitative estimate of drug-likeness (QED) is 0.797. The molecule has 1 fully saturated rings. The topological polar surface area (TPSA) is 67.6 Å². The van der Waals surface area contributed by atoms with Gasteiger partial charge in [-0.15, -0.1) is 0 Å². The summed E-state index contributed by atoms with van der Waals surface area (Å²) < 4.78 is 28.0. The summed E-state index contributed by atoms with van der Waals surface area (Å²) in [5.41, 5.74) is 0.278. The fraction of sp³-hybridized carbons (Fsp3) is 0.643. The first-order chi connectivity index (χ1) is 9.66. The standard InChI is InChI=1S/C14H20ClNO4S/c1-4-14(3)5-7-16(8-6-14)13(17)11-9-12(10(2)20-11)21(15,18)19/h9H,4-8H2,1-3H3. The van der Waals surface area contributed by atoms with Crippen LogP contribution in [-0.4, -0.2) is 32.3 Å². The summed E-state index contributed by atoms with van der Waals surface area (Å²) in [6.07, 6.45) is 2.97. The number of piperidine rings is 1. The van der Waals surface area contributed by atoms with Crippen molar-refractivity contribution < 1.29 is 17.6 Å². The number of aryl methyl sites for hydroxylation is 1. The Morgan fingerprint density at radius 2 is 2.00 bits per heavy atom. The molecule has 2 rings (SSSR count). The van der Waals surface area contributed by atoms with Crippen molar-refractivity contribution in [1.29, 1.82) is 0 Å². The van der Waals surface area contributed by atoms with Crippen LogP contribution in [-0.2, 0) is 9.05 Å². The monoisotopic (exact) mass is 333 g/mol. The molecular weight excluding hydrogens is 314 g/mol. The minimum Gasteiger partial charge on any atom is -0.455 e. The van der Waals surface area contributed by atoms with Gasteiger partial charge in [0.2, 0.25) is 0 Å². The number of rotatable bonds is 3. The van der Waals surface area contributed by atoms with E-state index in [9.17, 15) is 13.2 Å². The van der Waals surface area contributed by atoms with Crippen molar-refractivity contribution in [3.8, 4) is 0 Å². The van der Waals surface area contributed by atoms with Crippen molar-refractivity contribution in [3.05, 3.63) is 17.6 Å². The molecule has 0 radical (unpaired) electrons. The van der Waals surface area contributed by atoms with Gasteiger partial charge >= 0.3 is 0 Å². The molecule has 1 aromatic rings. The molecule has 1 aromatic heterocycles. The molecule has 1 amide bonds. The van der Waals surface area contributed by atoms with Gasteiger partial charge < -0.3 is 9.32 Å². The third-order valence-electron chi connectivity index (χ3n) is 4.46. The lowest BCUT2D eigenvalue weighted by Gasteiger charge is -2.38. The van der Waals surface area contributed by atoms with E-state index in [0.717, 1.165) is 19.3 Å². The summed E-state index contributed by atoms with van der Waals surface area (Å²) >= 11 is 0. The van der Waals surface area contributed by atoms with Gasteiger partial charge in [-0.3, -0.25) is 4.79 Å². The number of likely N-dealkylation sites (tertiary alicyclic amines) is 1. The van der Waals surface area contributed by atoms with Crippen molar-refractivity contribution in [1.82, 2.24) is 4.90 Å². The van der Waals surface area contributed by atoms with Crippen molar-refractivity contribution in [2.24, 2.45) is 5.41 Å².